The fraction of sp³-hybridized carbons (Fsp3) is 0.583. The minimum Gasteiger partial charge on any atom is -0.370 e. The standard InChI is InChI=1S/C12H16BrClN2/c1-8-10(13)5-6-12(16-8)15-7-9-3-2-4-11(9)14/h5-6,9,11H,2-4,7H2,1H3,(H,15,16). The van der Waals surface area contributed by atoms with E-state index in [1.807, 2.05) is 19.1 Å². The maximum atomic E-state index is 6.23. The summed E-state index contributed by atoms with van der Waals surface area (Å²) in [5.41, 5.74) is 1.01. The van der Waals surface area contributed by atoms with E-state index in [-0.39, 0.29) is 0 Å². The molecular formula is C12H16BrClN2. The number of nitrogens with one attached hydrogen (secondary N) is 1. The van der Waals surface area contributed by atoms with Crippen molar-refractivity contribution in [3.05, 3.63) is 22.3 Å². The third-order valence-corrected chi connectivity index (χ3v) is 4.55. The number of alkyl halides is 1. The summed E-state index contributed by atoms with van der Waals surface area (Å²) in [5, 5.41) is 3.71. The van der Waals surface area contributed by atoms with Crippen molar-refractivity contribution in [1.29, 1.82) is 0 Å². The van der Waals surface area contributed by atoms with E-state index in [0.29, 0.717) is 11.3 Å². The van der Waals surface area contributed by atoms with Crippen molar-refractivity contribution in [3.63, 3.8) is 0 Å². The summed E-state index contributed by atoms with van der Waals surface area (Å²) in [6.07, 6.45) is 3.64. The predicted octanol–water partition coefficient (Wildman–Crippen LogP) is 3.97. The molecule has 1 aliphatic carbocycles. The molecule has 0 bridgehead atoms. The lowest BCUT2D eigenvalue weighted by molar-refractivity contribution is 0.585. The first-order valence-electron chi connectivity index (χ1n) is 5.68. The van der Waals surface area contributed by atoms with Crippen molar-refractivity contribution < 1.29 is 0 Å². The largest absolute Gasteiger partial charge is 0.370 e. The maximum Gasteiger partial charge on any atom is 0.126 e. The first-order valence-corrected chi connectivity index (χ1v) is 6.91. The summed E-state index contributed by atoms with van der Waals surface area (Å²) in [7, 11) is 0. The summed E-state index contributed by atoms with van der Waals surface area (Å²) in [5.74, 6) is 1.53. The van der Waals surface area contributed by atoms with E-state index in [0.717, 1.165) is 29.0 Å². The monoisotopic (exact) mass is 302 g/mol. The van der Waals surface area contributed by atoms with Gasteiger partial charge >= 0.3 is 0 Å². The number of hydrogen-bond donors (Lipinski definition) is 1. The molecule has 0 spiro atoms. The molecule has 2 unspecified atom stereocenters. The van der Waals surface area contributed by atoms with Crippen LogP contribution in [0.3, 0.4) is 0 Å². The molecule has 0 aliphatic heterocycles. The number of aromatic nitrogens is 1. The summed E-state index contributed by atoms with van der Waals surface area (Å²) in [6, 6.07) is 4.02. The fourth-order valence-electron chi connectivity index (χ4n) is 2.10. The zero-order chi connectivity index (χ0) is 11.5. The molecule has 2 atom stereocenters. The number of rotatable bonds is 3. The Labute approximate surface area is 110 Å². The average molecular weight is 304 g/mol. The van der Waals surface area contributed by atoms with Crippen LogP contribution in [-0.4, -0.2) is 16.9 Å². The minimum absolute atomic E-state index is 0.337. The molecular weight excluding hydrogens is 288 g/mol. The van der Waals surface area contributed by atoms with Crippen LogP contribution >= 0.6 is 27.5 Å². The second-order valence-corrected chi connectivity index (χ2v) is 5.77. The van der Waals surface area contributed by atoms with Gasteiger partial charge in [0.2, 0.25) is 0 Å². The van der Waals surface area contributed by atoms with Crippen molar-refractivity contribution in [3.8, 4) is 0 Å². The van der Waals surface area contributed by atoms with Crippen LogP contribution in [0.1, 0.15) is 25.0 Å². The molecule has 0 amide bonds. The van der Waals surface area contributed by atoms with Crippen molar-refractivity contribution in [2.45, 2.75) is 31.6 Å². The van der Waals surface area contributed by atoms with Gasteiger partial charge in [-0.25, -0.2) is 4.98 Å². The Morgan fingerprint density at radius 1 is 1.50 bits per heavy atom. The van der Waals surface area contributed by atoms with Crippen LogP contribution in [-0.2, 0) is 0 Å². The molecule has 1 fully saturated rings. The lowest BCUT2D eigenvalue weighted by Crippen LogP contribution is -2.18. The van der Waals surface area contributed by atoms with Crippen LogP contribution in [0.2, 0.25) is 0 Å². The molecule has 1 aliphatic rings. The molecule has 0 aromatic carbocycles. The van der Waals surface area contributed by atoms with Gasteiger partial charge in [-0.1, -0.05) is 6.42 Å². The van der Waals surface area contributed by atoms with Crippen molar-refractivity contribution in [2.24, 2.45) is 5.92 Å². The minimum atomic E-state index is 0.337. The van der Waals surface area contributed by atoms with Crippen LogP contribution in [0.25, 0.3) is 0 Å². The molecule has 4 heteroatoms. The number of nitrogens with zero attached hydrogens (tertiary/aromatic N) is 1. The zero-order valence-corrected chi connectivity index (χ0v) is 11.7. The number of aryl methyl sites for hydroxylation is 1. The van der Waals surface area contributed by atoms with Gasteiger partial charge in [-0.2, -0.15) is 0 Å². The first-order chi connectivity index (χ1) is 7.66. The molecule has 1 saturated carbocycles. The van der Waals surface area contributed by atoms with Gasteiger partial charge < -0.3 is 5.32 Å². The molecule has 2 rings (SSSR count). The van der Waals surface area contributed by atoms with Gasteiger partial charge in [0, 0.05) is 16.4 Å². The lowest BCUT2D eigenvalue weighted by atomic mass is 10.1. The second-order valence-electron chi connectivity index (χ2n) is 4.35. The Balaban J connectivity index is 1.91. The smallest absolute Gasteiger partial charge is 0.126 e. The SMILES string of the molecule is Cc1nc(NCC2CCCC2Cl)ccc1Br. The van der Waals surface area contributed by atoms with Crippen LogP contribution in [0.5, 0.6) is 0 Å². The highest BCUT2D eigenvalue weighted by Gasteiger charge is 2.24. The van der Waals surface area contributed by atoms with E-state index in [4.69, 9.17) is 11.6 Å². The third kappa shape index (κ3) is 2.89. The van der Waals surface area contributed by atoms with Crippen molar-refractivity contribution >= 4 is 33.3 Å². The van der Waals surface area contributed by atoms with Gasteiger partial charge in [0.1, 0.15) is 5.82 Å². The lowest BCUT2D eigenvalue weighted by Gasteiger charge is -2.15. The molecule has 1 heterocycles. The Hall–Kier alpha value is -0.280. The van der Waals surface area contributed by atoms with Gasteiger partial charge in [-0.05, 0) is 53.7 Å². The Morgan fingerprint density at radius 3 is 2.94 bits per heavy atom. The quantitative estimate of drug-likeness (QED) is 0.855. The van der Waals surface area contributed by atoms with E-state index in [1.54, 1.807) is 0 Å². The Morgan fingerprint density at radius 2 is 2.31 bits per heavy atom. The fourth-order valence-corrected chi connectivity index (χ4v) is 2.69. The van der Waals surface area contributed by atoms with Crippen molar-refractivity contribution in [2.75, 3.05) is 11.9 Å². The molecule has 1 N–H and O–H groups in total. The van der Waals surface area contributed by atoms with Gasteiger partial charge in [0.25, 0.3) is 0 Å². The van der Waals surface area contributed by atoms with Crippen LogP contribution in [0, 0.1) is 12.8 Å². The Kier molecular flexibility index (Phi) is 4.09. The highest BCUT2D eigenvalue weighted by molar-refractivity contribution is 9.10. The highest BCUT2D eigenvalue weighted by Crippen LogP contribution is 2.30. The topological polar surface area (TPSA) is 24.9 Å². The van der Waals surface area contributed by atoms with Crippen molar-refractivity contribution in [1.82, 2.24) is 4.98 Å². The van der Waals surface area contributed by atoms with Gasteiger partial charge in [-0.15, -0.1) is 11.6 Å². The maximum absolute atomic E-state index is 6.23. The van der Waals surface area contributed by atoms with E-state index in [2.05, 4.69) is 26.2 Å². The van der Waals surface area contributed by atoms with Gasteiger partial charge in [0.15, 0.2) is 0 Å². The predicted molar refractivity (Wildman–Crippen MR) is 72.1 cm³/mol. The average Bonchev–Trinajstić information content (AvgIpc) is 2.66. The molecule has 0 saturated heterocycles. The molecule has 2 nitrogen and oxygen atoms in total. The van der Waals surface area contributed by atoms with Crippen LogP contribution < -0.4 is 5.32 Å². The summed E-state index contributed by atoms with van der Waals surface area (Å²) >= 11 is 9.68. The van der Waals surface area contributed by atoms with Gasteiger partial charge in [0.05, 0.1) is 5.69 Å². The van der Waals surface area contributed by atoms with E-state index in [9.17, 15) is 0 Å². The Bertz CT molecular complexity index is 370. The molecule has 1 aromatic rings. The molecule has 1 aromatic heterocycles. The van der Waals surface area contributed by atoms with E-state index in [1.165, 1.54) is 12.8 Å². The van der Waals surface area contributed by atoms with Crippen LogP contribution in [0.15, 0.2) is 16.6 Å². The normalized spacial score (nSPS) is 24.7. The molecule has 0 radical (unpaired) electrons. The molecule has 88 valence electrons. The second kappa shape index (κ2) is 5.37. The number of anilines is 1. The molecule has 16 heavy (non-hydrogen) atoms. The third-order valence-electron chi connectivity index (χ3n) is 3.13. The number of pyridine rings is 1. The summed E-state index contributed by atoms with van der Waals surface area (Å²) < 4.78 is 1.05. The van der Waals surface area contributed by atoms with Gasteiger partial charge in [-0.3, -0.25) is 0 Å². The number of hydrogen-bond acceptors (Lipinski definition) is 2. The van der Waals surface area contributed by atoms with E-state index < -0.39 is 0 Å². The zero-order valence-electron chi connectivity index (χ0n) is 9.34. The number of halogens is 2. The highest BCUT2D eigenvalue weighted by atomic mass is 79.9. The van der Waals surface area contributed by atoms with Crippen LogP contribution in [0.4, 0.5) is 5.82 Å². The van der Waals surface area contributed by atoms with E-state index >= 15 is 0 Å². The first kappa shape index (κ1) is 12.2. The summed E-state index contributed by atoms with van der Waals surface area (Å²) in [4.78, 5) is 4.46. The summed E-state index contributed by atoms with van der Waals surface area (Å²) in [6.45, 7) is 2.93.